The van der Waals surface area contributed by atoms with Gasteiger partial charge in [-0.3, -0.25) is 0 Å². The Morgan fingerprint density at radius 1 is 0.733 bits per heavy atom. The van der Waals surface area contributed by atoms with Crippen LogP contribution >= 0.6 is 23.2 Å². The van der Waals surface area contributed by atoms with E-state index < -0.39 is 33.0 Å². The zero-order valence-electron chi connectivity index (χ0n) is 14.5. The molecule has 0 amide bonds. The van der Waals surface area contributed by atoms with Gasteiger partial charge in [0.2, 0.25) is 0 Å². The summed E-state index contributed by atoms with van der Waals surface area (Å²) in [4.78, 5) is 0. The van der Waals surface area contributed by atoms with E-state index in [1.165, 1.54) is 30.3 Å². The average molecular weight is 483 g/mol. The topological polar surface area (TPSA) is 43.4 Å². The Morgan fingerprint density at radius 2 is 1.30 bits per heavy atom. The monoisotopic (exact) mass is 482 g/mol. The van der Waals surface area contributed by atoms with Crippen LogP contribution in [0.4, 0.5) is 22.0 Å². The van der Waals surface area contributed by atoms with E-state index in [9.17, 15) is 30.4 Å². The molecule has 30 heavy (non-hydrogen) atoms. The highest BCUT2D eigenvalue weighted by Gasteiger charge is 2.48. The maximum absolute atomic E-state index is 14.1. The fraction of sp³-hybridized carbons (Fsp3) is 0.0526. The van der Waals surface area contributed by atoms with Gasteiger partial charge in [-0.05, 0) is 47.0 Å². The largest absolute Gasteiger partial charge is 0.534 e. The van der Waals surface area contributed by atoms with E-state index in [1.54, 1.807) is 12.1 Å². The molecule has 0 spiro atoms. The molecule has 0 N–H and O–H groups in total. The lowest BCUT2D eigenvalue weighted by atomic mass is 10.00. The van der Waals surface area contributed by atoms with Gasteiger partial charge in [0.15, 0.2) is 11.6 Å². The summed E-state index contributed by atoms with van der Waals surface area (Å²) < 4.78 is 90.5. The molecule has 0 aromatic heterocycles. The van der Waals surface area contributed by atoms with Crippen molar-refractivity contribution in [3.8, 4) is 28.0 Å². The van der Waals surface area contributed by atoms with E-state index in [0.29, 0.717) is 16.7 Å². The predicted octanol–water partition coefficient (Wildman–Crippen LogP) is 6.83. The SMILES string of the molecule is O=S(=O)(Oc1ccc(-c2ccc(-c3ccc(F)c(Cl)c3)c(Cl)c2)cc1F)C(F)(F)F. The van der Waals surface area contributed by atoms with E-state index in [2.05, 4.69) is 4.18 Å². The summed E-state index contributed by atoms with van der Waals surface area (Å²) in [6.07, 6.45) is 0. The molecule has 0 aliphatic carbocycles. The molecule has 0 fully saturated rings. The molecule has 0 radical (unpaired) electrons. The molecular weight excluding hydrogens is 474 g/mol. The van der Waals surface area contributed by atoms with Crippen molar-refractivity contribution >= 4 is 33.3 Å². The van der Waals surface area contributed by atoms with E-state index in [4.69, 9.17) is 23.2 Å². The van der Waals surface area contributed by atoms with Crippen LogP contribution in [-0.4, -0.2) is 13.9 Å². The highest BCUT2D eigenvalue weighted by molar-refractivity contribution is 7.88. The minimum absolute atomic E-state index is 0.0980. The highest BCUT2D eigenvalue weighted by Crippen LogP contribution is 2.35. The molecule has 0 heterocycles. The standard InChI is InChI=1S/C19H9Cl2F5O3S/c20-14-7-10(1-4-13(14)12-2-5-16(22)15(21)8-12)11-3-6-18(17(23)9-11)29-30(27,28)19(24,25)26/h1-9H. The fourth-order valence-electron chi connectivity index (χ4n) is 2.51. The van der Waals surface area contributed by atoms with Crippen molar-refractivity contribution < 1.29 is 34.6 Å². The van der Waals surface area contributed by atoms with Crippen molar-refractivity contribution in [2.24, 2.45) is 0 Å². The van der Waals surface area contributed by atoms with Gasteiger partial charge in [-0.2, -0.15) is 21.6 Å². The smallest absolute Gasteiger partial charge is 0.373 e. The number of rotatable bonds is 4. The third kappa shape index (κ3) is 4.53. The number of hydrogen-bond donors (Lipinski definition) is 0. The van der Waals surface area contributed by atoms with Crippen LogP contribution < -0.4 is 4.18 Å². The van der Waals surface area contributed by atoms with Gasteiger partial charge >= 0.3 is 15.6 Å². The van der Waals surface area contributed by atoms with E-state index in [-0.39, 0.29) is 15.6 Å². The number of benzene rings is 3. The molecule has 0 saturated heterocycles. The molecule has 0 aliphatic rings. The van der Waals surface area contributed by atoms with Gasteiger partial charge in [0.25, 0.3) is 0 Å². The first kappa shape index (κ1) is 22.3. The maximum Gasteiger partial charge on any atom is 0.534 e. The van der Waals surface area contributed by atoms with E-state index >= 15 is 0 Å². The van der Waals surface area contributed by atoms with Gasteiger partial charge in [0.1, 0.15) is 5.82 Å². The Labute approximate surface area is 177 Å². The first-order chi connectivity index (χ1) is 13.9. The molecule has 3 aromatic rings. The van der Waals surface area contributed by atoms with Crippen molar-refractivity contribution in [1.82, 2.24) is 0 Å². The Hall–Kier alpha value is -2.36. The van der Waals surface area contributed by atoms with Crippen LogP contribution in [0.2, 0.25) is 10.0 Å². The van der Waals surface area contributed by atoms with Gasteiger partial charge in [0, 0.05) is 10.6 Å². The van der Waals surface area contributed by atoms with Crippen molar-refractivity contribution in [3.63, 3.8) is 0 Å². The lowest BCUT2D eigenvalue weighted by molar-refractivity contribution is -0.0500. The molecule has 0 saturated carbocycles. The van der Waals surface area contributed by atoms with Crippen molar-refractivity contribution in [2.75, 3.05) is 0 Å². The predicted molar refractivity (Wildman–Crippen MR) is 103 cm³/mol. The summed E-state index contributed by atoms with van der Waals surface area (Å²) in [6, 6.07) is 11.3. The van der Waals surface area contributed by atoms with Crippen LogP contribution in [0.1, 0.15) is 0 Å². The molecule has 3 rings (SSSR count). The maximum atomic E-state index is 14.1. The van der Waals surface area contributed by atoms with Crippen LogP contribution in [0, 0.1) is 11.6 Å². The molecular formula is C19H9Cl2F5O3S. The Kier molecular flexibility index (Phi) is 5.99. The molecule has 3 aromatic carbocycles. The lowest BCUT2D eigenvalue weighted by Gasteiger charge is -2.12. The fourth-order valence-corrected chi connectivity index (χ4v) is 3.44. The third-order valence-corrected chi connectivity index (χ3v) is 5.52. The van der Waals surface area contributed by atoms with Gasteiger partial charge in [-0.1, -0.05) is 47.5 Å². The summed E-state index contributed by atoms with van der Waals surface area (Å²) in [5, 5.41) is 0.120. The van der Waals surface area contributed by atoms with Crippen LogP contribution in [0.25, 0.3) is 22.3 Å². The molecule has 3 nitrogen and oxygen atoms in total. The minimum atomic E-state index is -6.00. The summed E-state index contributed by atoms with van der Waals surface area (Å²) in [5.74, 6) is -3.01. The van der Waals surface area contributed by atoms with Crippen molar-refractivity contribution in [3.05, 3.63) is 76.3 Å². The van der Waals surface area contributed by atoms with Crippen LogP contribution in [-0.2, 0) is 10.1 Å². The van der Waals surface area contributed by atoms with E-state index in [0.717, 1.165) is 12.1 Å². The summed E-state index contributed by atoms with van der Waals surface area (Å²) in [7, 11) is -6.00. The van der Waals surface area contributed by atoms with Gasteiger partial charge < -0.3 is 4.18 Å². The first-order valence-electron chi connectivity index (χ1n) is 7.95. The second-order valence-electron chi connectivity index (χ2n) is 5.95. The lowest BCUT2D eigenvalue weighted by Crippen LogP contribution is -2.28. The van der Waals surface area contributed by atoms with Gasteiger partial charge in [0.05, 0.1) is 5.02 Å². The highest BCUT2D eigenvalue weighted by atomic mass is 35.5. The van der Waals surface area contributed by atoms with Gasteiger partial charge in [-0.25, -0.2) is 8.78 Å². The molecule has 0 bridgehead atoms. The van der Waals surface area contributed by atoms with Gasteiger partial charge in [-0.15, -0.1) is 0 Å². The summed E-state index contributed by atoms with van der Waals surface area (Å²) in [6.45, 7) is 0. The zero-order valence-corrected chi connectivity index (χ0v) is 16.8. The molecule has 0 atom stereocenters. The third-order valence-electron chi connectivity index (χ3n) is 3.95. The number of alkyl halides is 3. The Bertz CT molecular complexity index is 1230. The molecule has 0 unspecified atom stereocenters. The summed E-state index contributed by atoms with van der Waals surface area (Å²) in [5.41, 5.74) is -4.05. The van der Waals surface area contributed by atoms with Crippen molar-refractivity contribution in [2.45, 2.75) is 5.51 Å². The first-order valence-corrected chi connectivity index (χ1v) is 10.1. The summed E-state index contributed by atoms with van der Waals surface area (Å²) >= 11 is 12.0. The number of hydrogen-bond acceptors (Lipinski definition) is 3. The van der Waals surface area contributed by atoms with E-state index in [1.807, 2.05) is 0 Å². The second kappa shape index (κ2) is 8.05. The average Bonchev–Trinajstić information content (AvgIpc) is 2.64. The quantitative estimate of drug-likeness (QED) is 0.232. The zero-order chi connectivity index (χ0) is 22.3. The van der Waals surface area contributed by atoms with Crippen LogP contribution in [0.5, 0.6) is 5.75 Å². The Balaban J connectivity index is 1.92. The normalized spacial score (nSPS) is 12.1. The van der Waals surface area contributed by atoms with Crippen molar-refractivity contribution in [1.29, 1.82) is 0 Å². The Morgan fingerprint density at radius 3 is 1.87 bits per heavy atom. The molecule has 0 aliphatic heterocycles. The molecule has 158 valence electrons. The second-order valence-corrected chi connectivity index (χ2v) is 8.30. The van der Waals surface area contributed by atoms with Crippen LogP contribution in [0.15, 0.2) is 54.6 Å². The molecule has 11 heteroatoms. The minimum Gasteiger partial charge on any atom is -0.373 e. The number of halogens is 7. The van der Waals surface area contributed by atoms with Crippen LogP contribution in [0.3, 0.4) is 0 Å².